The molecule has 0 aromatic carbocycles. The molecule has 16 heavy (non-hydrogen) atoms. The van der Waals surface area contributed by atoms with Crippen molar-refractivity contribution in [2.24, 2.45) is 5.92 Å². The highest BCUT2D eigenvalue weighted by atomic mass is 16.4. The van der Waals surface area contributed by atoms with E-state index in [-0.39, 0.29) is 12.0 Å². The lowest BCUT2D eigenvalue weighted by Crippen LogP contribution is -2.49. The molecular formula is C12H22N2O2. The number of nitrogens with one attached hydrogen (secondary N) is 1. The van der Waals surface area contributed by atoms with E-state index < -0.39 is 5.97 Å². The summed E-state index contributed by atoms with van der Waals surface area (Å²) in [6, 6.07) is 1.03. The normalized spacial score (nSPS) is 29.1. The molecule has 2 rings (SSSR count). The molecule has 4 nitrogen and oxygen atoms in total. The summed E-state index contributed by atoms with van der Waals surface area (Å²) in [6.45, 7) is 5.30. The molecule has 4 heteroatoms. The molecule has 0 radical (unpaired) electrons. The Balaban J connectivity index is 1.62. The Labute approximate surface area is 97.0 Å². The Bertz CT molecular complexity index is 253. The van der Waals surface area contributed by atoms with Gasteiger partial charge in [0, 0.05) is 25.2 Å². The van der Waals surface area contributed by atoms with E-state index in [9.17, 15) is 4.79 Å². The number of rotatable bonds is 7. The van der Waals surface area contributed by atoms with Crippen LogP contribution in [0.15, 0.2) is 0 Å². The molecule has 0 amide bonds. The zero-order valence-corrected chi connectivity index (χ0v) is 9.98. The van der Waals surface area contributed by atoms with Crippen molar-refractivity contribution in [3.05, 3.63) is 0 Å². The van der Waals surface area contributed by atoms with Crippen LogP contribution < -0.4 is 5.32 Å². The second kappa shape index (κ2) is 5.15. The van der Waals surface area contributed by atoms with E-state index in [1.54, 1.807) is 0 Å². The van der Waals surface area contributed by atoms with Crippen LogP contribution in [0.1, 0.15) is 32.6 Å². The van der Waals surface area contributed by atoms with E-state index in [0.717, 1.165) is 38.5 Å². The summed E-state index contributed by atoms with van der Waals surface area (Å²) in [4.78, 5) is 13.3. The molecule has 2 unspecified atom stereocenters. The number of hydrogen-bond donors (Lipinski definition) is 2. The van der Waals surface area contributed by atoms with Crippen LogP contribution in [-0.4, -0.2) is 47.7 Å². The minimum Gasteiger partial charge on any atom is -0.481 e. The Morgan fingerprint density at radius 2 is 2.12 bits per heavy atom. The summed E-state index contributed by atoms with van der Waals surface area (Å²) in [5, 5.41) is 12.3. The summed E-state index contributed by atoms with van der Waals surface area (Å²) < 4.78 is 0. The average molecular weight is 226 g/mol. The first-order chi connectivity index (χ1) is 7.72. The third-order valence-electron chi connectivity index (χ3n) is 3.87. The largest absolute Gasteiger partial charge is 0.481 e. The number of aliphatic carboxylic acids is 1. The van der Waals surface area contributed by atoms with Gasteiger partial charge in [0.2, 0.25) is 0 Å². The van der Waals surface area contributed by atoms with E-state index in [1.165, 1.54) is 12.8 Å². The highest BCUT2D eigenvalue weighted by Crippen LogP contribution is 2.28. The van der Waals surface area contributed by atoms with Crippen molar-refractivity contribution in [3.63, 3.8) is 0 Å². The van der Waals surface area contributed by atoms with Crippen LogP contribution in [0.25, 0.3) is 0 Å². The second-order valence-electron chi connectivity index (χ2n) is 4.94. The number of likely N-dealkylation sites (N-methyl/N-ethyl adjacent to an activating group) is 1. The lowest BCUT2D eigenvalue weighted by molar-refractivity contribution is -0.146. The second-order valence-corrected chi connectivity index (χ2v) is 4.94. The van der Waals surface area contributed by atoms with E-state index >= 15 is 0 Å². The Morgan fingerprint density at radius 1 is 1.38 bits per heavy atom. The topological polar surface area (TPSA) is 52.6 Å². The van der Waals surface area contributed by atoms with Crippen LogP contribution in [0.2, 0.25) is 0 Å². The molecular weight excluding hydrogens is 204 g/mol. The van der Waals surface area contributed by atoms with Crippen LogP contribution in [0.4, 0.5) is 0 Å². The van der Waals surface area contributed by atoms with Crippen LogP contribution >= 0.6 is 0 Å². The summed E-state index contributed by atoms with van der Waals surface area (Å²) in [7, 11) is 0. The first kappa shape index (κ1) is 11.9. The number of carboxylic acids is 1. The molecule has 0 bridgehead atoms. The molecule has 0 aliphatic heterocycles. The summed E-state index contributed by atoms with van der Waals surface area (Å²) in [5.74, 6) is -0.783. The maximum absolute atomic E-state index is 10.8. The van der Waals surface area contributed by atoms with Crippen molar-refractivity contribution in [3.8, 4) is 0 Å². The minimum atomic E-state index is -0.640. The maximum Gasteiger partial charge on any atom is 0.308 e. The van der Waals surface area contributed by atoms with Gasteiger partial charge >= 0.3 is 5.97 Å². The van der Waals surface area contributed by atoms with Gasteiger partial charge in [-0.05, 0) is 32.2 Å². The zero-order valence-electron chi connectivity index (χ0n) is 9.98. The predicted molar refractivity (Wildman–Crippen MR) is 62.4 cm³/mol. The maximum atomic E-state index is 10.8. The highest BCUT2D eigenvalue weighted by molar-refractivity contribution is 5.72. The lowest BCUT2D eigenvalue weighted by Gasteiger charge is -2.34. The summed E-state index contributed by atoms with van der Waals surface area (Å²) in [5.41, 5.74) is 0. The fourth-order valence-electron chi connectivity index (χ4n) is 2.47. The fourth-order valence-corrected chi connectivity index (χ4v) is 2.47. The van der Waals surface area contributed by atoms with Gasteiger partial charge in [-0.15, -0.1) is 0 Å². The van der Waals surface area contributed by atoms with Gasteiger partial charge in [-0.3, -0.25) is 9.69 Å². The lowest BCUT2D eigenvalue weighted by atomic mass is 9.79. The van der Waals surface area contributed by atoms with Gasteiger partial charge in [-0.25, -0.2) is 0 Å². The smallest absolute Gasteiger partial charge is 0.308 e. The first-order valence-electron chi connectivity index (χ1n) is 6.42. The highest BCUT2D eigenvalue weighted by Gasteiger charge is 2.36. The Kier molecular flexibility index (Phi) is 3.82. The van der Waals surface area contributed by atoms with Gasteiger partial charge in [-0.1, -0.05) is 6.92 Å². The molecule has 0 saturated heterocycles. The molecule has 0 heterocycles. The van der Waals surface area contributed by atoms with Crippen molar-refractivity contribution < 1.29 is 9.90 Å². The number of nitrogens with zero attached hydrogens (tertiary/aromatic N) is 1. The van der Waals surface area contributed by atoms with Crippen molar-refractivity contribution in [1.82, 2.24) is 10.2 Å². The third-order valence-corrected chi connectivity index (χ3v) is 3.87. The molecule has 2 aliphatic rings. The first-order valence-corrected chi connectivity index (χ1v) is 6.42. The van der Waals surface area contributed by atoms with Gasteiger partial charge in [0.05, 0.1) is 5.92 Å². The van der Waals surface area contributed by atoms with Crippen LogP contribution in [0.3, 0.4) is 0 Å². The number of carbonyl (C=O) groups is 1. The number of carboxylic acid groups (broad SMARTS) is 1. The molecule has 2 atom stereocenters. The quantitative estimate of drug-likeness (QED) is 0.678. The molecule has 2 N–H and O–H groups in total. The van der Waals surface area contributed by atoms with Crippen molar-refractivity contribution in [2.75, 3.05) is 19.6 Å². The van der Waals surface area contributed by atoms with Gasteiger partial charge in [0.15, 0.2) is 0 Å². The molecule has 2 fully saturated rings. The minimum absolute atomic E-state index is 0.143. The van der Waals surface area contributed by atoms with Crippen molar-refractivity contribution >= 4 is 5.97 Å². The number of hydrogen-bond acceptors (Lipinski definition) is 3. The molecule has 0 aromatic rings. The van der Waals surface area contributed by atoms with Gasteiger partial charge in [0.1, 0.15) is 0 Å². The van der Waals surface area contributed by atoms with E-state index in [4.69, 9.17) is 5.11 Å². The Hall–Kier alpha value is -0.610. The summed E-state index contributed by atoms with van der Waals surface area (Å²) in [6.07, 6.45) is 4.55. The van der Waals surface area contributed by atoms with E-state index in [0.29, 0.717) is 0 Å². The molecule has 0 aromatic heterocycles. The van der Waals surface area contributed by atoms with Crippen LogP contribution in [-0.2, 0) is 4.79 Å². The molecule has 92 valence electrons. The third kappa shape index (κ3) is 2.74. The molecule has 0 spiro atoms. The molecule has 2 aliphatic carbocycles. The monoisotopic (exact) mass is 226 g/mol. The van der Waals surface area contributed by atoms with Gasteiger partial charge < -0.3 is 10.4 Å². The van der Waals surface area contributed by atoms with E-state index in [1.807, 2.05) is 0 Å². The van der Waals surface area contributed by atoms with Crippen LogP contribution in [0, 0.1) is 5.92 Å². The summed E-state index contributed by atoms with van der Waals surface area (Å²) >= 11 is 0. The van der Waals surface area contributed by atoms with Gasteiger partial charge in [0.25, 0.3) is 0 Å². The Morgan fingerprint density at radius 3 is 2.56 bits per heavy atom. The standard InChI is InChI=1S/C12H22N2O2/c1-2-14(9-3-4-9)8-7-13-11-6-5-10(11)12(15)16/h9-11,13H,2-8H2,1H3,(H,15,16). The van der Waals surface area contributed by atoms with Crippen molar-refractivity contribution in [1.29, 1.82) is 0 Å². The SMILES string of the molecule is CCN(CCNC1CCC1C(=O)O)C1CC1. The predicted octanol–water partition coefficient (Wildman–Crippen LogP) is 0.923. The van der Waals surface area contributed by atoms with Gasteiger partial charge in [-0.2, -0.15) is 0 Å². The van der Waals surface area contributed by atoms with Crippen molar-refractivity contribution in [2.45, 2.75) is 44.7 Å². The molecule has 2 saturated carbocycles. The van der Waals surface area contributed by atoms with E-state index in [2.05, 4.69) is 17.1 Å². The average Bonchev–Trinajstić information content (AvgIpc) is 2.99. The zero-order chi connectivity index (χ0) is 11.5. The fraction of sp³-hybridized carbons (Fsp3) is 0.917. The van der Waals surface area contributed by atoms with Crippen LogP contribution in [0.5, 0.6) is 0 Å².